The average molecular weight is 322 g/mol. The summed E-state index contributed by atoms with van der Waals surface area (Å²) in [5.74, 6) is -0.180. The van der Waals surface area contributed by atoms with Gasteiger partial charge in [0.15, 0.2) is 15.6 Å². The van der Waals surface area contributed by atoms with Crippen LogP contribution in [0.4, 0.5) is 0 Å². The summed E-state index contributed by atoms with van der Waals surface area (Å²) in [4.78, 5) is 11.3. The predicted molar refractivity (Wildman–Crippen MR) is 82.7 cm³/mol. The van der Waals surface area contributed by atoms with E-state index in [4.69, 9.17) is 4.52 Å². The molecule has 6 nitrogen and oxygen atoms in total. The van der Waals surface area contributed by atoms with Gasteiger partial charge in [0.1, 0.15) is 0 Å². The third-order valence-corrected chi connectivity index (χ3v) is 4.56. The molecular formula is C15H18N2O4S. The Kier molecular flexibility index (Phi) is 5.32. The van der Waals surface area contributed by atoms with Crippen molar-refractivity contribution in [2.24, 2.45) is 0 Å². The van der Waals surface area contributed by atoms with Crippen molar-refractivity contribution in [3.8, 4) is 11.3 Å². The fraction of sp³-hybridized carbons (Fsp3) is 0.333. The van der Waals surface area contributed by atoms with E-state index in [0.29, 0.717) is 18.0 Å². The highest BCUT2D eigenvalue weighted by Crippen LogP contribution is 2.20. The molecule has 0 spiro atoms. The highest BCUT2D eigenvalue weighted by Gasteiger charge is 2.17. The summed E-state index contributed by atoms with van der Waals surface area (Å²) in [6.07, 6.45) is -0.0421. The number of amides is 1. The van der Waals surface area contributed by atoms with Crippen LogP contribution in [0.1, 0.15) is 19.0 Å². The quantitative estimate of drug-likeness (QED) is 0.839. The van der Waals surface area contributed by atoms with Gasteiger partial charge in [0, 0.05) is 24.6 Å². The summed E-state index contributed by atoms with van der Waals surface area (Å²) in [6.45, 7) is 2.27. The van der Waals surface area contributed by atoms with Gasteiger partial charge in [-0.1, -0.05) is 35.5 Å². The van der Waals surface area contributed by atoms with E-state index in [1.807, 2.05) is 30.3 Å². The van der Waals surface area contributed by atoms with Crippen molar-refractivity contribution in [3.05, 3.63) is 42.1 Å². The van der Waals surface area contributed by atoms with Crippen LogP contribution in [0.5, 0.6) is 0 Å². The molecule has 1 aromatic heterocycles. The van der Waals surface area contributed by atoms with Crippen molar-refractivity contribution in [2.45, 2.75) is 19.1 Å². The van der Waals surface area contributed by atoms with E-state index in [-0.39, 0.29) is 23.8 Å². The molecule has 0 unspecified atom stereocenters. The number of sulfone groups is 1. The number of benzene rings is 1. The van der Waals surface area contributed by atoms with Gasteiger partial charge in [0.25, 0.3) is 0 Å². The molecule has 0 radical (unpaired) electrons. The van der Waals surface area contributed by atoms with Crippen molar-refractivity contribution in [2.75, 3.05) is 12.3 Å². The first-order valence-electron chi connectivity index (χ1n) is 6.98. The molecule has 0 saturated carbocycles. The highest BCUT2D eigenvalue weighted by molar-refractivity contribution is 7.90. The van der Waals surface area contributed by atoms with Gasteiger partial charge in [-0.25, -0.2) is 8.42 Å². The molecule has 0 aliphatic carbocycles. The second-order valence-electron chi connectivity index (χ2n) is 4.84. The Morgan fingerprint density at radius 1 is 1.27 bits per heavy atom. The Bertz CT molecular complexity index is 723. The molecule has 0 bridgehead atoms. The van der Waals surface area contributed by atoms with Gasteiger partial charge < -0.3 is 9.84 Å². The standard InChI is InChI=1S/C15H18N2O4S/c1-2-16-15(18)8-9-22(19,20)11-13-10-14(21-17-13)12-6-4-3-5-7-12/h3-7,10H,2,8-9,11H2,1H3,(H,16,18). The first kappa shape index (κ1) is 16.2. The molecule has 0 saturated heterocycles. The number of nitrogens with zero attached hydrogens (tertiary/aromatic N) is 1. The Morgan fingerprint density at radius 3 is 2.68 bits per heavy atom. The maximum atomic E-state index is 12.0. The fourth-order valence-corrected chi connectivity index (χ4v) is 3.18. The number of aromatic nitrogens is 1. The van der Waals surface area contributed by atoms with E-state index in [1.165, 1.54) is 0 Å². The normalized spacial score (nSPS) is 11.3. The topological polar surface area (TPSA) is 89.3 Å². The van der Waals surface area contributed by atoms with E-state index in [0.717, 1.165) is 5.56 Å². The van der Waals surface area contributed by atoms with Gasteiger partial charge in [0.05, 0.1) is 17.2 Å². The SMILES string of the molecule is CCNC(=O)CCS(=O)(=O)Cc1cc(-c2ccccc2)on1. The molecule has 118 valence electrons. The van der Waals surface area contributed by atoms with Crippen molar-refractivity contribution < 1.29 is 17.7 Å². The molecule has 0 aliphatic rings. The third kappa shape index (κ3) is 4.70. The maximum Gasteiger partial charge on any atom is 0.221 e. The van der Waals surface area contributed by atoms with E-state index < -0.39 is 9.84 Å². The van der Waals surface area contributed by atoms with Crippen LogP contribution in [0, 0.1) is 0 Å². The van der Waals surface area contributed by atoms with Crippen LogP contribution >= 0.6 is 0 Å². The molecule has 0 aliphatic heterocycles. The van der Waals surface area contributed by atoms with Gasteiger partial charge in [-0.05, 0) is 6.92 Å². The van der Waals surface area contributed by atoms with E-state index in [1.54, 1.807) is 13.0 Å². The van der Waals surface area contributed by atoms with Crippen LogP contribution in [-0.4, -0.2) is 31.8 Å². The Balaban J connectivity index is 1.99. The van der Waals surface area contributed by atoms with Crippen LogP contribution in [0.3, 0.4) is 0 Å². The molecule has 1 aromatic carbocycles. The summed E-state index contributed by atoms with van der Waals surface area (Å²) in [5, 5.41) is 6.36. The van der Waals surface area contributed by atoms with Gasteiger partial charge in [-0.15, -0.1) is 0 Å². The van der Waals surface area contributed by atoms with Gasteiger partial charge in [-0.2, -0.15) is 0 Å². The highest BCUT2D eigenvalue weighted by atomic mass is 32.2. The van der Waals surface area contributed by atoms with Crippen molar-refractivity contribution in [1.29, 1.82) is 0 Å². The number of hydrogen-bond donors (Lipinski definition) is 1. The maximum absolute atomic E-state index is 12.0. The zero-order valence-electron chi connectivity index (χ0n) is 12.3. The lowest BCUT2D eigenvalue weighted by Crippen LogP contribution is -2.25. The molecule has 1 N–H and O–H groups in total. The minimum Gasteiger partial charge on any atom is -0.356 e. The number of nitrogens with one attached hydrogen (secondary N) is 1. The first-order valence-corrected chi connectivity index (χ1v) is 8.80. The summed E-state index contributed by atoms with van der Waals surface area (Å²) in [6, 6.07) is 10.9. The van der Waals surface area contributed by atoms with Crippen LogP contribution in [0.15, 0.2) is 40.9 Å². The summed E-state index contributed by atoms with van der Waals surface area (Å²) in [5.41, 5.74) is 1.18. The molecule has 1 amide bonds. The van der Waals surface area contributed by atoms with Gasteiger partial charge in [-0.3, -0.25) is 4.79 Å². The van der Waals surface area contributed by atoms with Crippen LogP contribution in [0.25, 0.3) is 11.3 Å². The second kappa shape index (κ2) is 7.22. The summed E-state index contributed by atoms with van der Waals surface area (Å²) in [7, 11) is -3.40. The largest absolute Gasteiger partial charge is 0.356 e. The Labute approximate surface area is 129 Å². The van der Waals surface area contributed by atoms with Crippen molar-refractivity contribution in [3.63, 3.8) is 0 Å². The fourth-order valence-electron chi connectivity index (χ4n) is 1.95. The van der Waals surface area contributed by atoms with Crippen LogP contribution in [0.2, 0.25) is 0 Å². The molecule has 7 heteroatoms. The lowest BCUT2D eigenvalue weighted by molar-refractivity contribution is -0.120. The zero-order valence-corrected chi connectivity index (χ0v) is 13.1. The molecule has 0 fully saturated rings. The molecule has 0 atom stereocenters. The number of carbonyl (C=O) groups excluding carboxylic acids is 1. The predicted octanol–water partition coefficient (Wildman–Crippen LogP) is 1.78. The van der Waals surface area contributed by atoms with Crippen molar-refractivity contribution >= 4 is 15.7 Å². The Morgan fingerprint density at radius 2 is 2.00 bits per heavy atom. The first-order chi connectivity index (χ1) is 10.5. The Hall–Kier alpha value is -2.15. The van der Waals surface area contributed by atoms with Gasteiger partial charge in [0.2, 0.25) is 5.91 Å². The van der Waals surface area contributed by atoms with E-state index in [2.05, 4.69) is 10.5 Å². The number of hydrogen-bond acceptors (Lipinski definition) is 5. The minimum atomic E-state index is -3.40. The molecule has 2 aromatic rings. The molecule has 2 rings (SSSR count). The van der Waals surface area contributed by atoms with E-state index >= 15 is 0 Å². The monoisotopic (exact) mass is 322 g/mol. The van der Waals surface area contributed by atoms with E-state index in [9.17, 15) is 13.2 Å². The molecular weight excluding hydrogens is 304 g/mol. The zero-order chi connectivity index (χ0) is 16.0. The lowest BCUT2D eigenvalue weighted by Gasteiger charge is -2.02. The number of rotatable bonds is 7. The van der Waals surface area contributed by atoms with Crippen LogP contribution < -0.4 is 5.32 Å². The molecule has 22 heavy (non-hydrogen) atoms. The average Bonchev–Trinajstić information content (AvgIpc) is 2.94. The van der Waals surface area contributed by atoms with Gasteiger partial charge >= 0.3 is 0 Å². The molecule has 1 heterocycles. The lowest BCUT2D eigenvalue weighted by atomic mass is 10.2. The summed E-state index contributed by atoms with van der Waals surface area (Å²) < 4.78 is 29.2. The summed E-state index contributed by atoms with van der Waals surface area (Å²) >= 11 is 0. The van der Waals surface area contributed by atoms with Crippen LogP contribution in [-0.2, 0) is 20.4 Å². The second-order valence-corrected chi connectivity index (χ2v) is 7.03. The smallest absolute Gasteiger partial charge is 0.221 e. The van der Waals surface area contributed by atoms with Crippen molar-refractivity contribution in [1.82, 2.24) is 10.5 Å². The number of carbonyl (C=O) groups is 1. The minimum absolute atomic E-state index is 0.0421. The third-order valence-electron chi connectivity index (χ3n) is 3.00.